The zero-order valence-corrected chi connectivity index (χ0v) is 17.7. The molecule has 3 fully saturated rings. The Bertz CT molecular complexity index is 705. The van der Waals surface area contributed by atoms with Crippen molar-refractivity contribution in [3.63, 3.8) is 0 Å². The molecule has 3 aliphatic rings. The Balaban J connectivity index is 1.20. The first-order chi connectivity index (χ1) is 14.1. The van der Waals surface area contributed by atoms with Gasteiger partial charge in [-0.25, -0.2) is 0 Å². The van der Waals surface area contributed by atoms with Crippen molar-refractivity contribution in [1.29, 1.82) is 0 Å². The first kappa shape index (κ1) is 20.4. The van der Waals surface area contributed by atoms with Gasteiger partial charge in [0.15, 0.2) is 0 Å². The summed E-state index contributed by atoms with van der Waals surface area (Å²) >= 11 is 0. The van der Waals surface area contributed by atoms with Gasteiger partial charge in [0.05, 0.1) is 5.92 Å². The number of nitrogens with one attached hydrogen (secondary N) is 1. The number of benzene rings is 1. The van der Waals surface area contributed by atoms with Crippen LogP contribution in [0.25, 0.3) is 0 Å². The van der Waals surface area contributed by atoms with Gasteiger partial charge in [-0.15, -0.1) is 0 Å². The second-order valence-corrected chi connectivity index (χ2v) is 9.19. The zero-order valence-electron chi connectivity index (χ0n) is 17.7. The number of hydrogen-bond acceptors (Lipinski definition) is 3. The van der Waals surface area contributed by atoms with Gasteiger partial charge in [-0.1, -0.05) is 29.8 Å². The van der Waals surface area contributed by atoms with Gasteiger partial charge in [-0.2, -0.15) is 0 Å². The molecule has 4 rings (SSSR count). The lowest BCUT2D eigenvalue weighted by atomic mass is 9.93. The normalized spacial score (nSPS) is 23.8. The molecule has 1 aliphatic carbocycles. The third kappa shape index (κ3) is 5.39. The summed E-state index contributed by atoms with van der Waals surface area (Å²) in [5.41, 5.74) is 2.54. The van der Waals surface area contributed by atoms with Crippen molar-refractivity contribution < 1.29 is 9.59 Å². The van der Waals surface area contributed by atoms with Crippen LogP contribution in [0.4, 0.5) is 0 Å². The predicted octanol–water partition coefficient (Wildman–Crippen LogP) is 2.77. The first-order valence-corrected chi connectivity index (χ1v) is 11.5. The average molecular weight is 398 g/mol. The van der Waals surface area contributed by atoms with Crippen LogP contribution < -0.4 is 5.32 Å². The smallest absolute Gasteiger partial charge is 0.225 e. The zero-order chi connectivity index (χ0) is 20.2. The van der Waals surface area contributed by atoms with Crippen LogP contribution in [-0.2, 0) is 16.0 Å². The van der Waals surface area contributed by atoms with E-state index in [2.05, 4.69) is 46.3 Å². The average Bonchev–Trinajstić information content (AvgIpc) is 3.60. The van der Waals surface area contributed by atoms with Gasteiger partial charge in [-0.05, 0) is 64.0 Å². The summed E-state index contributed by atoms with van der Waals surface area (Å²) in [4.78, 5) is 29.6. The van der Waals surface area contributed by atoms with Gasteiger partial charge in [0.1, 0.15) is 0 Å². The molecule has 0 bridgehead atoms. The van der Waals surface area contributed by atoms with Crippen LogP contribution in [0, 0.1) is 18.8 Å². The molecule has 2 saturated heterocycles. The third-order valence-electron chi connectivity index (χ3n) is 6.88. The largest absolute Gasteiger partial charge is 0.355 e. The maximum absolute atomic E-state index is 12.7. The number of piperidine rings is 2. The minimum atomic E-state index is 0.105. The van der Waals surface area contributed by atoms with Crippen molar-refractivity contribution in [2.75, 3.05) is 32.7 Å². The van der Waals surface area contributed by atoms with Gasteiger partial charge in [0.25, 0.3) is 0 Å². The molecule has 1 N–H and O–H groups in total. The van der Waals surface area contributed by atoms with Crippen molar-refractivity contribution in [2.45, 2.75) is 57.9 Å². The number of amides is 2. The monoisotopic (exact) mass is 397 g/mol. The van der Waals surface area contributed by atoms with Gasteiger partial charge in [0.2, 0.25) is 11.8 Å². The van der Waals surface area contributed by atoms with Crippen LogP contribution in [0.5, 0.6) is 0 Å². The quantitative estimate of drug-likeness (QED) is 0.803. The highest BCUT2D eigenvalue weighted by Crippen LogP contribution is 2.32. The maximum Gasteiger partial charge on any atom is 0.225 e. The van der Waals surface area contributed by atoms with Crippen molar-refractivity contribution in [3.05, 3.63) is 35.4 Å². The molecule has 0 aromatic heterocycles. The Morgan fingerprint density at radius 1 is 0.966 bits per heavy atom. The van der Waals surface area contributed by atoms with Gasteiger partial charge in [0, 0.05) is 38.1 Å². The first-order valence-electron chi connectivity index (χ1n) is 11.5. The van der Waals surface area contributed by atoms with Crippen LogP contribution in [0.2, 0.25) is 0 Å². The fraction of sp³-hybridized carbons (Fsp3) is 0.667. The van der Waals surface area contributed by atoms with E-state index in [0.29, 0.717) is 24.4 Å². The Kier molecular flexibility index (Phi) is 6.53. The Morgan fingerprint density at radius 2 is 1.69 bits per heavy atom. The molecule has 5 nitrogen and oxygen atoms in total. The third-order valence-corrected chi connectivity index (χ3v) is 6.88. The molecule has 0 radical (unpaired) electrons. The Labute approximate surface area is 174 Å². The summed E-state index contributed by atoms with van der Waals surface area (Å²) in [5.74, 6) is 1.03. The van der Waals surface area contributed by atoms with Gasteiger partial charge < -0.3 is 10.2 Å². The lowest BCUT2D eigenvalue weighted by Crippen LogP contribution is -2.51. The topological polar surface area (TPSA) is 52.7 Å². The van der Waals surface area contributed by atoms with Crippen LogP contribution in [0.3, 0.4) is 0 Å². The van der Waals surface area contributed by atoms with Gasteiger partial charge in [-0.3, -0.25) is 14.5 Å². The van der Waals surface area contributed by atoms with E-state index in [9.17, 15) is 9.59 Å². The highest BCUT2D eigenvalue weighted by Gasteiger charge is 2.37. The van der Waals surface area contributed by atoms with Crippen LogP contribution in [0.15, 0.2) is 24.3 Å². The number of carbonyl (C=O) groups excluding carboxylic acids is 2. The number of nitrogens with zero attached hydrogens (tertiary/aromatic N) is 2. The van der Waals surface area contributed by atoms with Crippen LogP contribution >= 0.6 is 0 Å². The maximum atomic E-state index is 12.7. The molecular weight excluding hydrogens is 362 g/mol. The summed E-state index contributed by atoms with van der Waals surface area (Å²) in [6.07, 6.45) is 7.26. The molecule has 2 amide bonds. The van der Waals surface area contributed by atoms with E-state index in [1.54, 1.807) is 0 Å². The summed E-state index contributed by atoms with van der Waals surface area (Å²) < 4.78 is 0. The molecule has 1 saturated carbocycles. The summed E-state index contributed by atoms with van der Waals surface area (Å²) in [5, 5.41) is 3.16. The fourth-order valence-corrected chi connectivity index (χ4v) is 4.82. The minimum absolute atomic E-state index is 0.105. The molecule has 158 valence electrons. The van der Waals surface area contributed by atoms with Gasteiger partial charge >= 0.3 is 0 Å². The van der Waals surface area contributed by atoms with E-state index in [4.69, 9.17) is 0 Å². The predicted molar refractivity (Wildman–Crippen MR) is 115 cm³/mol. The van der Waals surface area contributed by atoms with E-state index >= 15 is 0 Å². The van der Waals surface area contributed by atoms with Crippen LogP contribution in [0.1, 0.15) is 49.7 Å². The second kappa shape index (κ2) is 9.29. The van der Waals surface area contributed by atoms with Crippen molar-refractivity contribution in [1.82, 2.24) is 15.1 Å². The molecular formula is C24H35N3O2. The standard InChI is InChI=1S/C24H35N3O2/c1-18-4-6-19(7-5-18)10-13-25-23(28)21-3-2-14-27(17-21)22-11-15-26(16-12-22)24(29)20-8-9-20/h4-7,20-22H,2-3,8-17H2,1H3,(H,25,28)/t21-/m0/s1. The molecule has 0 spiro atoms. The van der Waals surface area contributed by atoms with Crippen molar-refractivity contribution in [2.24, 2.45) is 11.8 Å². The summed E-state index contributed by atoms with van der Waals surface area (Å²) in [6, 6.07) is 9.06. The molecule has 1 atom stereocenters. The van der Waals surface area contributed by atoms with Crippen molar-refractivity contribution >= 4 is 11.8 Å². The SMILES string of the molecule is Cc1ccc(CCNC(=O)[C@H]2CCCN(C3CCN(C(=O)C4CC4)CC3)C2)cc1. The number of hydrogen-bond donors (Lipinski definition) is 1. The number of likely N-dealkylation sites (tertiary alicyclic amines) is 2. The van der Waals surface area contributed by atoms with E-state index in [0.717, 1.165) is 71.1 Å². The van der Waals surface area contributed by atoms with Crippen molar-refractivity contribution in [3.8, 4) is 0 Å². The van der Waals surface area contributed by atoms with E-state index < -0.39 is 0 Å². The summed E-state index contributed by atoms with van der Waals surface area (Å²) in [7, 11) is 0. The lowest BCUT2D eigenvalue weighted by molar-refractivity contribution is -0.134. The second-order valence-electron chi connectivity index (χ2n) is 9.19. The molecule has 5 heteroatoms. The van der Waals surface area contributed by atoms with E-state index in [1.807, 2.05) is 0 Å². The van der Waals surface area contributed by atoms with E-state index in [-0.39, 0.29) is 11.8 Å². The Morgan fingerprint density at radius 3 is 2.38 bits per heavy atom. The molecule has 2 heterocycles. The highest BCUT2D eigenvalue weighted by atomic mass is 16.2. The summed E-state index contributed by atoms with van der Waals surface area (Å²) in [6.45, 7) is 6.55. The molecule has 2 aliphatic heterocycles. The highest BCUT2D eigenvalue weighted by molar-refractivity contribution is 5.81. The molecule has 1 aromatic rings. The van der Waals surface area contributed by atoms with E-state index in [1.165, 1.54) is 11.1 Å². The molecule has 1 aromatic carbocycles. The fourth-order valence-electron chi connectivity index (χ4n) is 4.82. The minimum Gasteiger partial charge on any atom is -0.355 e. The number of aryl methyl sites for hydroxylation is 1. The molecule has 0 unspecified atom stereocenters. The number of carbonyl (C=O) groups is 2. The Hall–Kier alpha value is -1.88. The molecule has 29 heavy (non-hydrogen) atoms. The van der Waals surface area contributed by atoms with Crippen LogP contribution in [-0.4, -0.2) is 60.4 Å². The number of rotatable bonds is 6. The lowest BCUT2D eigenvalue weighted by Gasteiger charge is -2.42.